The first-order valence-corrected chi connectivity index (χ1v) is 12.0. The number of halogens is 1. The minimum absolute atomic E-state index is 0.519. The van der Waals surface area contributed by atoms with Crippen molar-refractivity contribution in [1.29, 1.82) is 0 Å². The predicted molar refractivity (Wildman–Crippen MR) is 130 cm³/mol. The van der Waals surface area contributed by atoms with Gasteiger partial charge in [-0.25, -0.2) is 13.9 Å². The second-order valence-corrected chi connectivity index (χ2v) is 8.92. The van der Waals surface area contributed by atoms with E-state index in [0.717, 1.165) is 58.6 Å². The van der Waals surface area contributed by atoms with Crippen LogP contribution in [0, 0.1) is 0 Å². The Bertz CT molecular complexity index is 1320. The third-order valence-electron chi connectivity index (χ3n) is 6.42. The molecule has 0 aliphatic carbocycles. The molecule has 180 valence electrons. The fraction of sp³-hybridized carbons (Fsp3) is 0.333. The van der Waals surface area contributed by atoms with Crippen molar-refractivity contribution >= 4 is 5.65 Å². The second kappa shape index (κ2) is 9.54. The van der Waals surface area contributed by atoms with Gasteiger partial charge in [0, 0.05) is 31.6 Å². The molecule has 4 heterocycles. The number of nitrogens with zero attached hydrogens (tertiary/aromatic N) is 4. The molecule has 2 aliphatic heterocycles. The highest BCUT2D eigenvalue weighted by Crippen LogP contribution is 2.34. The van der Waals surface area contributed by atoms with Crippen LogP contribution in [-0.2, 0) is 6.42 Å². The van der Waals surface area contributed by atoms with Crippen molar-refractivity contribution in [3.05, 3.63) is 72.1 Å². The molecular weight excluding hydrogens is 447 g/mol. The van der Waals surface area contributed by atoms with Gasteiger partial charge in [0.05, 0.1) is 5.69 Å². The average Bonchev–Trinajstić information content (AvgIpc) is 3.50. The van der Waals surface area contributed by atoms with Crippen LogP contribution in [0.1, 0.15) is 17.8 Å². The van der Waals surface area contributed by atoms with Crippen LogP contribution in [0.5, 0.6) is 17.2 Å². The van der Waals surface area contributed by atoms with Gasteiger partial charge in [0.2, 0.25) is 0 Å². The molecule has 35 heavy (non-hydrogen) atoms. The highest BCUT2D eigenvalue weighted by atomic mass is 19.1. The van der Waals surface area contributed by atoms with Gasteiger partial charge >= 0.3 is 0 Å². The molecule has 6 rings (SSSR count). The summed E-state index contributed by atoms with van der Waals surface area (Å²) in [6.45, 7) is 3.76. The molecule has 8 heteroatoms. The van der Waals surface area contributed by atoms with E-state index in [4.69, 9.17) is 24.3 Å². The lowest BCUT2D eigenvalue weighted by Gasteiger charge is -2.19. The molecule has 0 spiro atoms. The Morgan fingerprint density at radius 2 is 1.86 bits per heavy atom. The van der Waals surface area contributed by atoms with Crippen LogP contribution in [-0.4, -0.2) is 65.1 Å². The Labute approximate surface area is 203 Å². The number of fused-ring (bicyclic) bond motifs is 2. The molecule has 1 saturated heterocycles. The Morgan fingerprint density at radius 1 is 1.00 bits per heavy atom. The maximum Gasteiger partial charge on any atom is 0.162 e. The normalized spacial score (nSPS) is 17.7. The number of benzene rings is 2. The molecule has 0 radical (unpaired) electrons. The summed E-state index contributed by atoms with van der Waals surface area (Å²) in [6.07, 6.45) is 0.554. The molecule has 0 saturated carbocycles. The highest BCUT2D eigenvalue weighted by molar-refractivity contribution is 5.66. The summed E-state index contributed by atoms with van der Waals surface area (Å²) in [5.41, 5.74) is 3.84. The van der Waals surface area contributed by atoms with Gasteiger partial charge in [-0.1, -0.05) is 18.2 Å². The zero-order valence-electron chi connectivity index (χ0n) is 19.4. The van der Waals surface area contributed by atoms with Gasteiger partial charge in [0.15, 0.2) is 23.0 Å². The van der Waals surface area contributed by atoms with Crippen molar-refractivity contribution in [3.63, 3.8) is 0 Å². The van der Waals surface area contributed by atoms with Gasteiger partial charge in [-0.05, 0) is 54.4 Å². The SMILES string of the molecule is F[C@H]1CCN(CCOc2ccc(Cc3nc4cccc(-c5ccc6c(c5)OCCO6)n4n3)cc2)C1. The van der Waals surface area contributed by atoms with Crippen LogP contribution in [0.3, 0.4) is 0 Å². The lowest BCUT2D eigenvalue weighted by Crippen LogP contribution is -2.26. The Morgan fingerprint density at radius 3 is 2.69 bits per heavy atom. The average molecular weight is 475 g/mol. The molecule has 0 amide bonds. The molecule has 2 aliphatic rings. The van der Waals surface area contributed by atoms with Crippen LogP contribution in [0.25, 0.3) is 16.9 Å². The molecule has 0 N–H and O–H groups in total. The molecule has 2 aromatic carbocycles. The lowest BCUT2D eigenvalue weighted by molar-refractivity contribution is 0.171. The fourth-order valence-electron chi connectivity index (χ4n) is 4.61. The smallest absolute Gasteiger partial charge is 0.162 e. The number of rotatable bonds is 7. The molecule has 0 unspecified atom stereocenters. The van der Waals surface area contributed by atoms with Gasteiger partial charge in [-0.15, -0.1) is 0 Å². The van der Waals surface area contributed by atoms with E-state index in [9.17, 15) is 4.39 Å². The highest BCUT2D eigenvalue weighted by Gasteiger charge is 2.21. The summed E-state index contributed by atoms with van der Waals surface area (Å²) in [5.74, 6) is 3.08. The molecule has 1 atom stereocenters. The van der Waals surface area contributed by atoms with Crippen LogP contribution < -0.4 is 14.2 Å². The maximum absolute atomic E-state index is 13.3. The van der Waals surface area contributed by atoms with Gasteiger partial charge in [-0.3, -0.25) is 4.90 Å². The van der Waals surface area contributed by atoms with E-state index in [1.54, 1.807) is 0 Å². The first-order chi connectivity index (χ1) is 17.2. The van der Waals surface area contributed by atoms with E-state index in [0.29, 0.717) is 39.2 Å². The number of pyridine rings is 1. The number of hydrogen-bond donors (Lipinski definition) is 0. The third-order valence-corrected chi connectivity index (χ3v) is 6.42. The van der Waals surface area contributed by atoms with E-state index < -0.39 is 6.17 Å². The summed E-state index contributed by atoms with van der Waals surface area (Å²) in [6, 6.07) is 19.9. The topological polar surface area (TPSA) is 61.1 Å². The van der Waals surface area contributed by atoms with E-state index in [2.05, 4.69) is 4.90 Å². The largest absolute Gasteiger partial charge is 0.492 e. The summed E-state index contributed by atoms with van der Waals surface area (Å²) in [7, 11) is 0. The quantitative estimate of drug-likeness (QED) is 0.401. The summed E-state index contributed by atoms with van der Waals surface area (Å²) >= 11 is 0. The van der Waals surface area contributed by atoms with E-state index >= 15 is 0 Å². The third kappa shape index (κ3) is 4.79. The molecule has 1 fully saturated rings. The van der Waals surface area contributed by atoms with Crippen molar-refractivity contribution in [2.24, 2.45) is 0 Å². The second-order valence-electron chi connectivity index (χ2n) is 8.92. The Kier molecular flexibility index (Phi) is 5.96. The molecule has 7 nitrogen and oxygen atoms in total. The fourth-order valence-corrected chi connectivity index (χ4v) is 4.61. The Hall–Kier alpha value is -3.65. The zero-order chi connectivity index (χ0) is 23.6. The van der Waals surface area contributed by atoms with Gasteiger partial charge in [0.1, 0.15) is 31.7 Å². The maximum atomic E-state index is 13.3. The van der Waals surface area contributed by atoms with Crippen molar-refractivity contribution < 1.29 is 18.6 Å². The van der Waals surface area contributed by atoms with E-state index in [1.807, 2.05) is 65.2 Å². The summed E-state index contributed by atoms with van der Waals surface area (Å²) in [4.78, 5) is 6.84. The monoisotopic (exact) mass is 474 g/mol. The van der Waals surface area contributed by atoms with Crippen LogP contribution in [0.4, 0.5) is 4.39 Å². The van der Waals surface area contributed by atoms with Gasteiger partial charge in [0.25, 0.3) is 0 Å². The van der Waals surface area contributed by atoms with Crippen molar-refractivity contribution in [3.8, 4) is 28.5 Å². The number of aromatic nitrogens is 3. The van der Waals surface area contributed by atoms with Crippen LogP contribution in [0.15, 0.2) is 60.7 Å². The minimum atomic E-state index is -0.694. The molecular formula is C27H27FN4O3. The Balaban J connectivity index is 1.14. The van der Waals surface area contributed by atoms with Crippen molar-refractivity contribution in [2.45, 2.75) is 19.0 Å². The standard InChI is InChI=1S/C27H27FN4O3/c28-21-10-11-31(18-21)12-13-33-22-7-4-19(5-8-22)16-26-29-27-3-1-2-23(32(27)30-26)20-6-9-24-25(17-20)35-15-14-34-24/h1-9,17,21H,10-16,18H2/t21-/m0/s1. The first kappa shape index (κ1) is 21.9. The zero-order valence-corrected chi connectivity index (χ0v) is 19.4. The number of likely N-dealkylation sites (tertiary alicyclic amines) is 1. The number of ether oxygens (including phenoxy) is 3. The first-order valence-electron chi connectivity index (χ1n) is 12.0. The minimum Gasteiger partial charge on any atom is -0.492 e. The summed E-state index contributed by atoms with van der Waals surface area (Å²) in [5, 5.41) is 4.78. The van der Waals surface area contributed by atoms with E-state index in [-0.39, 0.29) is 0 Å². The molecule has 0 bridgehead atoms. The lowest BCUT2D eigenvalue weighted by atomic mass is 10.1. The van der Waals surface area contributed by atoms with Crippen LogP contribution >= 0.6 is 0 Å². The predicted octanol–water partition coefficient (Wildman–Crippen LogP) is 4.18. The van der Waals surface area contributed by atoms with Crippen molar-refractivity contribution in [1.82, 2.24) is 19.5 Å². The van der Waals surface area contributed by atoms with E-state index in [1.165, 1.54) is 0 Å². The van der Waals surface area contributed by atoms with Gasteiger partial charge < -0.3 is 14.2 Å². The van der Waals surface area contributed by atoms with Crippen molar-refractivity contribution in [2.75, 3.05) is 39.5 Å². The summed E-state index contributed by atoms with van der Waals surface area (Å²) < 4.78 is 32.4. The number of hydrogen-bond acceptors (Lipinski definition) is 6. The molecule has 4 aromatic rings. The number of alkyl halides is 1. The van der Waals surface area contributed by atoms with Crippen LogP contribution in [0.2, 0.25) is 0 Å². The van der Waals surface area contributed by atoms with Gasteiger partial charge in [-0.2, -0.15) is 5.10 Å². The molecule has 2 aromatic heterocycles.